The average Bonchev–Trinajstić information content (AvgIpc) is 3.40. The van der Waals surface area contributed by atoms with Gasteiger partial charge in [-0.15, -0.1) is 0 Å². The molecule has 0 aromatic carbocycles. The van der Waals surface area contributed by atoms with Crippen LogP contribution < -0.4 is 10.6 Å². The lowest BCUT2D eigenvalue weighted by Crippen LogP contribution is -2.45. The summed E-state index contributed by atoms with van der Waals surface area (Å²) in [5.74, 6) is 2.27. The minimum atomic E-state index is 0.291. The number of rotatable bonds is 6. The van der Waals surface area contributed by atoms with E-state index in [1.165, 1.54) is 32.4 Å². The first-order valence-corrected chi connectivity index (χ1v) is 10.8. The van der Waals surface area contributed by atoms with Crippen molar-refractivity contribution in [2.24, 2.45) is 16.8 Å². The number of nitrogens with one attached hydrogen (secondary N) is 2. The molecule has 3 aliphatic rings. The Balaban J connectivity index is 1.47. The predicted octanol–water partition coefficient (Wildman–Crippen LogP) is 1.67. The Morgan fingerprint density at radius 3 is 2.58 bits per heavy atom. The molecule has 0 aromatic rings. The number of hydrogen-bond donors (Lipinski definition) is 2. The molecule has 2 saturated heterocycles. The quantitative estimate of drug-likeness (QED) is 0.557. The smallest absolute Gasteiger partial charge is 0.225 e. The van der Waals surface area contributed by atoms with Crippen LogP contribution in [0.25, 0.3) is 0 Å². The van der Waals surface area contributed by atoms with Gasteiger partial charge in [-0.3, -0.25) is 9.79 Å². The normalized spacial score (nSPS) is 28.1. The second-order valence-electron chi connectivity index (χ2n) is 8.16. The number of hydrogen-bond acceptors (Lipinski definition) is 3. The Kier molecular flexibility index (Phi) is 7.17. The Bertz CT molecular complexity index is 489. The minimum absolute atomic E-state index is 0.291. The SMILES string of the molecule is CCNC(=NCC1CCN(CC)C1)NC1CCN(C(=O)C2CCCC2)C1. The number of amides is 1. The molecule has 1 amide bonds. The summed E-state index contributed by atoms with van der Waals surface area (Å²) in [5, 5.41) is 6.95. The van der Waals surface area contributed by atoms with Gasteiger partial charge in [0.2, 0.25) is 5.91 Å². The van der Waals surface area contributed by atoms with Crippen molar-refractivity contribution >= 4 is 11.9 Å². The third-order valence-corrected chi connectivity index (χ3v) is 6.21. The van der Waals surface area contributed by atoms with Crippen LogP contribution in [0.15, 0.2) is 4.99 Å². The maximum atomic E-state index is 12.6. The highest BCUT2D eigenvalue weighted by Crippen LogP contribution is 2.27. The summed E-state index contributed by atoms with van der Waals surface area (Å²) in [6, 6.07) is 0.328. The van der Waals surface area contributed by atoms with Gasteiger partial charge in [0.1, 0.15) is 0 Å². The highest BCUT2D eigenvalue weighted by atomic mass is 16.2. The molecule has 0 aromatic heterocycles. The van der Waals surface area contributed by atoms with E-state index in [1.807, 2.05) is 0 Å². The van der Waals surface area contributed by atoms with E-state index in [0.29, 0.717) is 23.8 Å². The highest BCUT2D eigenvalue weighted by Gasteiger charge is 2.32. The fourth-order valence-corrected chi connectivity index (χ4v) is 4.59. The topological polar surface area (TPSA) is 60.0 Å². The lowest BCUT2D eigenvalue weighted by molar-refractivity contribution is -0.134. The number of guanidine groups is 1. The summed E-state index contributed by atoms with van der Waals surface area (Å²) in [6.45, 7) is 11.3. The molecule has 26 heavy (non-hydrogen) atoms. The Morgan fingerprint density at radius 2 is 1.88 bits per heavy atom. The lowest BCUT2D eigenvalue weighted by atomic mass is 10.1. The van der Waals surface area contributed by atoms with Crippen LogP contribution >= 0.6 is 0 Å². The van der Waals surface area contributed by atoms with E-state index in [0.717, 1.165) is 57.9 Å². The van der Waals surface area contributed by atoms with Gasteiger partial charge in [0.15, 0.2) is 5.96 Å². The summed E-state index contributed by atoms with van der Waals surface area (Å²) < 4.78 is 0. The van der Waals surface area contributed by atoms with Crippen molar-refractivity contribution in [3.8, 4) is 0 Å². The molecule has 3 rings (SSSR count). The van der Waals surface area contributed by atoms with Crippen molar-refractivity contribution in [2.45, 2.75) is 58.4 Å². The number of carbonyl (C=O) groups excluding carboxylic acids is 1. The maximum Gasteiger partial charge on any atom is 0.225 e. The monoisotopic (exact) mass is 363 g/mol. The molecule has 0 radical (unpaired) electrons. The van der Waals surface area contributed by atoms with E-state index in [9.17, 15) is 4.79 Å². The van der Waals surface area contributed by atoms with Crippen molar-refractivity contribution < 1.29 is 4.79 Å². The molecule has 2 heterocycles. The second-order valence-corrected chi connectivity index (χ2v) is 8.16. The Hall–Kier alpha value is -1.30. The molecule has 0 bridgehead atoms. The number of nitrogens with zero attached hydrogens (tertiary/aromatic N) is 3. The molecule has 6 nitrogen and oxygen atoms in total. The minimum Gasteiger partial charge on any atom is -0.357 e. The zero-order valence-corrected chi connectivity index (χ0v) is 16.7. The van der Waals surface area contributed by atoms with Gasteiger partial charge in [-0.25, -0.2) is 0 Å². The summed E-state index contributed by atoms with van der Waals surface area (Å²) in [5.41, 5.74) is 0. The molecule has 2 aliphatic heterocycles. The van der Waals surface area contributed by atoms with Crippen LogP contribution in [-0.2, 0) is 4.79 Å². The van der Waals surface area contributed by atoms with Gasteiger partial charge in [0.05, 0.1) is 0 Å². The van der Waals surface area contributed by atoms with E-state index in [2.05, 4.69) is 34.3 Å². The Labute approximate surface area is 158 Å². The van der Waals surface area contributed by atoms with Crippen LogP contribution in [0.5, 0.6) is 0 Å². The average molecular weight is 364 g/mol. The summed E-state index contributed by atoms with van der Waals surface area (Å²) in [7, 11) is 0. The van der Waals surface area contributed by atoms with Crippen LogP contribution in [-0.4, -0.2) is 73.5 Å². The van der Waals surface area contributed by atoms with Crippen molar-refractivity contribution in [1.82, 2.24) is 20.4 Å². The summed E-state index contributed by atoms with van der Waals surface area (Å²) >= 11 is 0. The van der Waals surface area contributed by atoms with Crippen LogP contribution in [0.4, 0.5) is 0 Å². The van der Waals surface area contributed by atoms with Gasteiger partial charge in [0, 0.05) is 44.7 Å². The standard InChI is InChI=1S/C20H37N5O/c1-3-21-20(22-13-16-9-11-24(4-2)14-16)23-18-10-12-25(15-18)19(26)17-7-5-6-8-17/h16-18H,3-15H2,1-2H3,(H2,21,22,23). The van der Waals surface area contributed by atoms with Gasteiger partial charge in [-0.1, -0.05) is 19.8 Å². The first-order chi connectivity index (χ1) is 12.7. The third-order valence-electron chi connectivity index (χ3n) is 6.21. The van der Waals surface area contributed by atoms with Gasteiger partial charge in [-0.2, -0.15) is 0 Å². The first kappa shape index (κ1) is 19.5. The van der Waals surface area contributed by atoms with Gasteiger partial charge >= 0.3 is 0 Å². The molecule has 1 saturated carbocycles. The molecular weight excluding hydrogens is 326 g/mol. The zero-order chi connectivity index (χ0) is 18.4. The molecule has 2 atom stereocenters. The molecule has 1 aliphatic carbocycles. The van der Waals surface area contributed by atoms with Gasteiger partial charge in [0.25, 0.3) is 0 Å². The summed E-state index contributed by atoms with van der Waals surface area (Å²) in [6.07, 6.45) is 6.90. The predicted molar refractivity (Wildman–Crippen MR) is 106 cm³/mol. The number of likely N-dealkylation sites (tertiary alicyclic amines) is 2. The summed E-state index contributed by atoms with van der Waals surface area (Å²) in [4.78, 5) is 22.0. The fourth-order valence-electron chi connectivity index (χ4n) is 4.59. The Morgan fingerprint density at radius 1 is 1.08 bits per heavy atom. The lowest BCUT2D eigenvalue weighted by Gasteiger charge is -2.21. The van der Waals surface area contributed by atoms with Crippen molar-refractivity contribution in [2.75, 3.05) is 45.8 Å². The molecule has 148 valence electrons. The van der Waals surface area contributed by atoms with Crippen LogP contribution in [0, 0.1) is 11.8 Å². The highest BCUT2D eigenvalue weighted by molar-refractivity contribution is 5.81. The van der Waals surface area contributed by atoms with Crippen molar-refractivity contribution in [3.63, 3.8) is 0 Å². The first-order valence-electron chi connectivity index (χ1n) is 10.8. The second kappa shape index (κ2) is 9.58. The third kappa shape index (κ3) is 5.12. The number of aliphatic imine (C=N–C) groups is 1. The van der Waals surface area contributed by atoms with E-state index in [-0.39, 0.29) is 0 Å². The molecular formula is C20H37N5O. The van der Waals surface area contributed by atoms with Gasteiger partial charge in [-0.05, 0) is 51.6 Å². The van der Waals surface area contributed by atoms with E-state index in [1.54, 1.807) is 0 Å². The molecule has 3 fully saturated rings. The van der Waals surface area contributed by atoms with Crippen molar-refractivity contribution in [1.29, 1.82) is 0 Å². The van der Waals surface area contributed by atoms with Crippen LogP contribution in [0.2, 0.25) is 0 Å². The number of carbonyl (C=O) groups is 1. The molecule has 6 heteroatoms. The van der Waals surface area contributed by atoms with Gasteiger partial charge < -0.3 is 20.4 Å². The van der Waals surface area contributed by atoms with Crippen molar-refractivity contribution in [3.05, 3.63) is 0 Å². The molecule has 0 spiro atoms. The van der Waals surface area contributed by atoms with Crippen LogP contribution in [0.3, 0.4) is 0 Å². The largest absolute Gasteiger partial charge is 0.357 e. The fraction of sp³-hybridized carbons (Fsp3) is 0.900. The molecule has 2 unspecified atom stereocenters. The zero-order valence-electron chi connectivity index (χ0n) is 16.7. The maximum absolute atomic E-state index is 12.6. The van der Waals surface area contributed by atoms with E-state index in [4.69, 9.17) is 4.99 Å². The van der Waals surface area contributed by atoms with E-state index < -0.39 is 0 Å². The molecule has 2 N–H and O–H groups in total. The van der Waals surface area contributed by atoms with Crippen LogP contribution in [0.1, 0.15) is 52.4 Å². The van der Waals surface area contributed by atoms with E-state index >= 15 is 0 Å².